The monoisotopic (exact) mass is 540 g/mol. The molecule has 0 aliphatic carbocycles. The van der Waals surface area contributed by atoms with Crippen molar-refractivity contribution < 1.29 is 5.11 Å². The highest BCUT2D eigenvalue weighted by Gasteiger charge is 2.36. The fraction of sp³-hybridized carbons (Fsp3) is 0.0286. The Hall–Kier alpha value is -3.98. The van der Waals surface area contributed by atoms with Gasteiger partial charge in [-0.3, -0.25) is 0 Å². The first-order valence-electron chi connectivity index (χ1n) is 12.4. The standard InChI is InChI=1S/C35H25BrO/c36-28-22-23-33(32-20-10-9-19-31(32)30-21-11-13-25-12-7-8-18-29(25)30)34(24-28)35(37,26-14-3-1-4-15-26)27-16-5-2-6-17-27/h1-24,37H. The Morgan fingerprint density at radius 3 is 1.65 bits per heavy atom. The number of hydrogen-bond donors (Lipinski definition) is 1. The maximum atomic E-state index is 12.7. The van der Waals surface area contributed by atoms with Crippen LogP contribution in [0.25, 0.3) is 33.0 Å². The van der Waals surface area contributed by atoms with Crippen LogP contribution in [0.5, 0.6) is 0 Å². The Kier molecular flexibility index (Phi) is 6.21. The average molecular weight is 541 g/mol. The molecular weight excluding hydrogens is 516 g/mol. The van der Waals surface area contributed by atoms with E-state index in [0.29, 0.717) is 0 Å². The van der Waals surface area contributed by atoms with E-state index in [2.05, 4.69) is 101 Å². The van der Waals surface area contributed by atoms with E-state index in [1.807, 2.05) is 60.7 Å². The van der Waals surface area contributed by atoms with Gasteiger partial charge in [0.1, 0.15) is 5.60 Å². The highest BCUT2D eigenvalue weighted by molar-refractivity contribution is 9.10. The van der Waals surface area contributed by atoms with Crippen molar-refractivity contribution >= 4 is 26.7 Å². The summed E-state index contributed by atoms with van der Waals surface area (Å²) in [6, 6.07) is 49.5. The number of aliphatic hydroxyl groups is 1. The molecule has 1 N–H and O–H groups in total. The maximum Gasteiger partial charge on any atom is 0.141 e. The van der Waals surface area contributed by atoms with Crippen molar-refractivity contribution in [2.45, 2.75) is 5.60 Å². The second-order valence-electron chi connectivity index (χ2n) is 9.20. The summed E-state index contributed by atoms with van der Waals surface area (Å²) >= 11 is 3.69. The fourth-order valence-corrected chi connectivity index (χ4v) is 5.66. The quantitative estimate of drug-likeness (QED) is 0.216. The Bertz CT molecular complexity index is 1650. The highest BCUT2D eigenvalue weighted by atomic mass is 79.9. The summed E-state index contributed by atoms with van der Waals surface area (Å²) in [4.78, 5) is 0. The van der Waals surface area contributed by atoms with E-state index >= 15 is 0 Å². The third kappa shape index (κ3) is 4.19. The van der Waals surface area contributed by atoms with Gasteiger partial charge in [-0.1, -0.05) is 149 Å². The summed E-state index contributed by atoms with van der Waals surface area (Å²) in [6.07, 6.45) is 0. The topological polar surface area (TPSA) is 20.2 Å². The molecule has 0 unspecified atom stereocenters. The minimum Gasteiger partial charge on any atom is -0.376 e. The van der Waals surface area contributed by atoms with E-state index in [1.54, 1.807) is 0 Å². The first kappa shape index (κ1) is 23.4. The van der Waals surface area contributed by atoms with Crippen molar-refractivity contribution in [3.8, 4) is 22.3 Å². The molecule has 2 heteroatoms. The van der Waals surface area contributed by atoms with Gasteiger partial charge in [-0.2, -0.15) is 0 Å². The van der Waals surface area contributed by atoms with Gasteiger partial charge >= 0.3 is 0 Å². The molecule has 0 aliphatic rings. The third-order valence-electron chi connectivity index (χ3n) is 7.05. The van der Waals surface area contributed by atoms with Gasteiger partial charge in [-0.25, -0.2) is 0 Å². The van der Waals surface area contributed by atoms with Crippen LogP contribution >= 0.6 is 15.9 Å². The lowest BCUT2D eigenvalue weighted by atomic mass is 9.76. The van der Waals surface area contributed by atoms with E-state index < -0.39 is 5.60 Å². The smallest absolute Gasteiger partial charge is 0.141 e. The molecule has 6 aromatic rings. The summed E-state index contributed by atoms with van der Waals surface area (Å²) in [5.41, 5.74) is 5.48. The molecule has 0 saturated heterocycles. The summed E-state index contributed by atoms with van der Waals surface area (Å²) in [5.74, 6) is 0. The van der Waals surface area contributed by atoms with Crippen molar-refractivity contribution in [2.24, 2.45) is 0 Å². The summed E-state index contributed by atoms with van der Waals surface area (Å²) in [6.45, 7) is 0. The Balaban J connectivity index is 1.66. The van der Waals surface area contributed by atoms with Gasteiger partial charge in [0.2, 0.25) is 0 Å². The van der Waals surface area contributed by atoms with Crippen LogP contribution in [0.2, 0.25) is 0 Å². The molecule has 0 fully saturated rings. The van der Waals surface area contributed by atoms with E-state index in [4.69, 9.17) is 0 Å². The number of rotatable bonds is 5. The number of fused-ring (bicyclic) bond motifs is 1. The zero-order chi connectivity index (χ0) is 25.2. The van der Waals surface area contributed by atoms with E-state index in [1.165, 1.54) is 16.3 Å². The molecule has 0 atom stereocenters. The summed E-state index contributed by atoms with van der Waals surface area (Å²) in [7, 11) is 0. The van der Waals surface area contributed by atoms with Crippen LogP contribution in [0.1, 0.15) is 16.7 Å². The largest absolute Gasteiger partial charge is 0.376 e. The second-order valence-corrected chi connectivity index (χ2v) is 10.1. The van der Waals surface area contributed by atoms with Crippen LogP contribution in [-0.2, 0) is 5.60 Å². The number of halogens is 1. The molecule has 6 rings (SSSR count). The minimum atomic E-state index is -1.35. The molecule has 1 nitrogen and oxygen atoms in total. The van der Waals surface area contributed by atoms with E-state index in [0.717, 1.165) is 37.9 Å². The Labute approximate surface area is 225 Å². The zero-order valence-corrected chi connectivity index (χ0v) is 21.8. The lowest BCUT2D eigenvalue weighted by Crippen LogP contribution is -2.29. The molecule has 0 aromatic heterocycles. The number of hydrogen-bond acceptors (Lipinski definition) is 1. The first-order chi connectivity index (χ1) is 18.2. The fourth-order valence-electron chi connectivity index (χ4n) is 5.30. The molecule has 0 spiro atoms. The van der Waals surface area contributed by atoms with Crippen molar-refractivity contribution in [1.82, 2.24) is 0 Å². The van der Waals surface area contributed by atoms with Crippen LogP contribution in [0, 0.1) is 0 Å². The molecule has 0 radical (unpaired) electrons. The molecule has 0 saturated carbocycles. The third-order valence-corrected chi connectivity index (χ3v) is 7.54. The Morgan fingerprint density at radius 2 is 0.973 bits per heavy atom. The van der Waals surface area contributed by atoms with Crippen LogP contribution in [0.15, 0.2) is 150 Å². The minimum absolute atomic E-state index is 0.822. The van der Waals surface area contributed by atoms with Crippen molar-refractivity contribution in [3.63, 3.8) is 0 Å². The van der Waals surface area contributed by atoms with Crippen molar-refractivity contribution in [1.29, 1.82) is 0 Å². The molecular formula is C35H25BrO. The van der Waals surface area contributed by atoms with Crippen LogP contribution in [0.3, 0.4) is 0 Å². The normalized spacial score (nSPS) is 11.5. The van der Waals surface area contributed by atoms with Crippen LogP contribution < -0.4 is 0 Å². The lowest BCUT2D eigenvalue weighted by molar-refractivity contribution is 0.126. The van der Waals surface area contributed by atoms with Crippen molar-refractivity contribution in [2.75, 3.05) is 0 Å². The lowest BCUT2D eigenvalue weighted by Gasteiger charge is -2.32. The van der Waals surface area contributed by atoms with Gasteiger partial charge in [0, 0.05) is 10.0 Å². The van der Waals surface area contributed by atoms with Gasteiger partial charge in [-0.05, 0) is 56.3 Å². The average Bonchev–Trinajstić information content (AvgIpc) is 2.97. The van der Waals surface area contributed by atoms with Gasteiger partial charge in [0.15, 0.2) is 0 Å². The van der Waals surface area contributed by atoms with Crippen LogP contribution in [-0.4, -0.2) is 5.11 Å². The summed E-state index contributed by atoms with van der Waals surface area (Å²) < 4.78 is 0.916. The van der Waals surface area contributed by atoms with Gasteiger partial charge < -0.3 is 5.11 Å². The van der Waals surface area contributed by atoms with Gasteiger partial charge in [0.25, 0.3) is 0 Å². The molecule has 0 aliphatic heterocycles. The molecule has 0 bridgehead atoms. The SMILES string of the molecule is OC(c1ccccc1)(c1ccccc1)c1cc(Br)ccc1-c1ccccc1-c1cccc2ccccc12. The summed E-state index contributed by atoms with van der Waals surface area (Å²) in [5, 5.41) is 15.1. The zero-order valence-electron chi connectivity index (χ0n) is 20.2. The van der Waals surface area contributed by atoms with Crippen molar-refractivity contribution in [3.05, 3.63) is 167 Å². The first-order valence-corrected chi connectivity index (χ1v) is 13.2. The highest BCUT2D eigenvalue weighted by Crippen LogP contribution is 2.45. The second kappa shape index (κ2) is 9.82. The molecule has 0 amide bonds. The van der Waals surface area contributed by atoms with Crippen LogP contribution in [0.4, 0.5) is 0 Å². The predicted molar refractivity (Wildman–Crippen MR) is 158 cm³/mol. The Morgan fingerprint density at radius 1 is 0.459 bits per heavy atom. The molecule has 0 heterocycles. The van der Waals surface area contributed by atoms with Gasteiger partial charge in [-0.15, -0.1) is 0 Å². The molecule has 178 valence electrons. The number of benzene rings is 6. The maximum absolute atomic E-state index is 12.7. The van der Waals surface area contributed by atoms with Gasteiger partial charge in [0.05, 0.1) is 0 Å². The molecule has 6 aromatic carbocycles. The molecule has 37 heavy (non-hydrogen) atoms. The van der Waals surface area contributed by atoms with E-state index in [9.17, 15) is 5.11 Å². The van der Waals surface area contributed by atoms with E-state index in [-0.39, 0.29) is 0 Å². The predicted octanol–water partition coefficient (Wildman–Crippen LogP) is 9.22.